The van der Waals surface area contributed by atoms with Gasteiger partial charge in [-0.1, -0.05) is 15.9 Å². The van der Waals surface area contributed by atoms with Crippen molar-refractivity contribution in [3.63, 3.8) is 0 Å². The van der Waals surface area contributed by atoms with E-state index in [0.717, 1.165) is 17.0 Å². The number of carbonyl (C=O) groups is 2. The Hall–Kier alpha value is -1.60. The van der Waals surface area contributed by atoms with Crippen LogP contribution in [0, 0.1) is 6.92 Å². The van der Waals surface area contributed by atoms with Crippen molar-refractivity contribution in [1.29, 1.82) is 0 Å². The van der Waals surface area contributed by atoms with Crippen LogP contribution in [0.15, 0.2) is 22.7 Å². The first-order valence-electron chi connectivity index (χ1n) is 5.49. The Balaban J connectivity index is 2.59. The van der Waals surface area contributed by atoms with Crippen LogP contribution in [0.25, 0.3) is 0 Å². The zero-order chi connectivity index (χ0) is 14.6. The van der Waals surface area contributed by atoms with Gasteiger partial charge in [0.2, 0.25) is 0 Å². The van der Waals surface area contributed by atoms with Gasteiger partial charge in [-0.2, -0.15) is 0 Å². The van der Waals surface area contributed by atoms with Crippen LogP contribution in [0.1, 0.15) is 12.5 Å². The number of halogens is 1. The summed E-state index contributed by atoms with van der Waals surface area (Å²) in [6.07, 6.45) is 0. The number of carboxylic acid groups (broad SMARTS) is 1. The van der Waals surface area contributed by atoms with Gasteiger partial charge < -0.3 is 20.8 Å². The first-order chi connectivity index (χ1) is 8.72. The summed E-state index contributed by atoms with van der Waals surface area (Å²) in [6, 6.07) is 4.75. The molecular formula is C12H15BrN2O4. The van der Waals surface area contributed by atoms with E-state index in [9.17, 15) is 14.7 Å². The molecule has 0 spiro atoms. The van der Waals surface area contributed by atoms with Gasteiger partial charge in [0.05, 0.1) is 6.54 Å². The van der Waals surface area contributed by atoms with Crippen molar-refractivity contribution in [2.75, 3.05) is 11.9 Å². The summed E-state index contributed by atoms with van der Waals surface area (Å²) < 4.78 is 0.893. The molecule has 1 aromatic carbocycles. The van der Waals surface area contributed by atoms with E-state index in [4.69, 9.17) is 5.11 Å². The lowest BCUT2D eigenvalue weighted by Crippen LogP contribution is -2.47. The first kappa shape index (κ1) is 15.5. The molecule has 4 N–H and O–H groups in total. The molecule has 0 fully saturated rings. The Labute approximate surface area is 118 Å². The van der Waals surface area contributed by atoms with Gasteiger partial charge in [0.15, 0.2) is 5.60 Å². The zero-order valence-corrected chi connectivity index (χ0v) is 12.1. The maximum atomic E-state index is 11.6. The molecule has 0 radical (unpaired) electrons. The lowest BCUT2D eigenvalue weighted by molar-refractivity contribution is -0.155. The van der Waals surface area contributed by atoms with Crippen LogP contribution in [0.5, 0.6) is 0 Å². The number of nitrogens with one attached hydrogen (secondary N) is 2. The molecule has 1 atom stereocenters. The number of anilines is 1. The molecule has 0 saturated carbocycles. The lowest BCUT2D eigenvalue weighted by Gasteiger charge is -2.18. The van der Waals surface area contributed by atoms with Crippen molar-refractivity contribution in [3.8, 4) is 0 Å². The largest absolute Gasteiger partial charge is 0.479 e. The first-order valence-corrected chi connectivity index (χ1v) is 6.28. The Morgan fingerprint density at radius 1 is 1.42 bits per heavy atom. The fourth-order valence-corrected chi connectivity index (χ4v) is 1.74. The number of aliphatic carboxylic acids is 1. The van der Waals surface area contributed by atoms with Gasteiger partial charge in [-0.05, 0) is 37.6 Å². The smallest absolute Gasteiger partial charge is 0.337 e. The number of benzene rings is 1. The van der Waals surface area contributed by atoms with E-state index in [0.29, 0.717) is 5.69 Å². The molecule has 2 amide bonds. The molecule has 0 heterocycles. The second kappa shape index (κ2) is 6.03. The molecule has 104 valence electrons. The van der Waals surface area contributed by atoms with Crippen molar-refractivity contribution < 1.29 is 19.8 Å². The highest BCUT2D eigenvalue weighted by molar-refractivity contribution is 9.10. The van der Waals surface area contributed by atoms with Gasteiger partial charge in [0, 0.05) is 10.2 Å². The Morgan fingerprint density at radius 3 is 2.58 bits per heavy atom. The van der Waals surface area contributed by atoms with Crippen LogP contribution < -0.4 is 10.6 Å². The summed E-state index contributed by atoms with van der Waals surface area (Å²) in [5.74, 6) is -1.40. The van der Waals surface area contributed by atoms with Gasteiger partial charge in [0.25, 0.3) is 0 Å². The van der Waals surface area contributed by atoms with E-state index in [-0.39, 0.29) is 6.54 Å². The maximum absolute atomic E-state index is 11.6. The maximum Gasteiger partial charge on any atom is 0.337 e. The molecule has 1 aromatic rings. The highest BCUT2D eigenvalue weighted by Crippen LogP contribution is 2.19. The van der Waals surface area contributed by atoms with Crippen LogP contribution >= 0.6 is 15.9 Å². The molecule has 0 aliphatic heterocycles. The number of aryl methyl sites for hydroxylation is 1. The van der Waals surface area contributed by atoms with E-state index < -0.39 is 17.6 Å². The lowest BCUT2D eigenvalue weighted by atomic mass is 10.1. The third kappa shape index (κ3) is 4.53. The highest BCUT2D eigenvalue weighted by Gasteiger charge is 2.30. The van der Waals surface area contributed by atoms with Crippen molar-refractivity contribution in [3.05, 3.63) is 28.2 Å². The second-order valence-electron chi connectivity index (χ2n) is 4.35. The second-order valence-corrected chi connectivity index (χ2v) is 5.26. The summed E-state index contributed by atoms with van der Waals surface area (Å²) in [4.78, 5) is 22.2. The highest BCUT2D eigenvalue weighted by atomic mass is 79.9. The Morgan fingerprint density at radius 2 is 2.05 bits per heavy atom. The third-order valence-corrected chi connectivity index (χ3v) is 2.98. The van der Waals surface area contributed by atoms with Crippen LogP contribution in [0.2, 0.25) is 0 Å². The standard InChI is InChI=1S/C12H15BrN2O4/c1-7-5-8(13)3-4-9(7)15-11(18)14-6-12(2,19)10(16)17/h3-5,19H,6H2,1-2H3,(H,16,17)(H2,14,15,18). The molecular weight excluding hydrogens is 316 g/mol. The quantitative estimate of drug-likeness (QED) is 0.675. The third-order valence-electron chi connectivity index (χ3n) is 2.49. The molecule has 0 aliphatic carbocycles. The molecule has 1 unspecified atom stereocenters. The van der Waals surface area contributed by atoms with Crippen molar-refractivity contribution in [1.82, 2.24) is 5.32 Å². The topological polar surface area (TPSA) is 98.7 Å². The number of amides is 2. The fourth-order valence-electron chi connectivity index (χ4n) is 1.26. The van der Waals surface area contributed by atoms with E-state index in [1.807, 2.05) is 13.0 Å². The molecule has 6 nitrogen and oxygen atoms in total. The van der Waals surface area contributed by atoms with E-state index in [1.165, 1.54) is 0 Å². The minimum absolute atomic E-state index is 0.385. The fraction of sp³-hybridized carbons (Fsp3) is 0.333. The Bertz CT molecular complexity index is 503. The molecule has 19 heavy (non-hydrogen) atoms. The van der Waals surface area contributed by atoms with Gasteiger partial charge in [0.1, 0.15) is 0 Å². The number of hydrogen-bond acceptors (Lipinski definition) is 3. The molecule has 0 saturated heterocycles. The average molecular weight is 331 g/mol. The van der Waals surface area contributed by atoms with Crippen molar-refractivity contribution in [2.24, 2.45) is 0 Å². The van der Waals surface area contributed by atoms with Gasteiger partial charge in [-0.25, -0.2) is 9.59 Å². The minimum atomic E-state index is -1.99. The molecule has 7 heteroatoms. The van der Waals surface area contributed by atoms with E-state index in [2.05, 4.69) is 26.6 Å². The molecule has 0 bridgehead atoms. The van der Waals surface area contributed by atoms with Crippen LogP contribution in [0.4, 0.5) is 10.5 Å². The summed E-state index contributed by atoms with van der Waals surface area (Å²) in [7, 11) is 0. The SMILES string of the molecule is Cc1cc(Br)ccc1NC(=O)NCC(C)(O)C(=O)O. The van der Waals surface area contributed by atoms with Crippen LogP contribution in [0.3, 0.4) is 0 Å². The van der Waals surface area contributed by atoms with Gasteiger partial charge in [-0.15, -0.1) is 0 Å². The van der Waals surface area contributed by atoms with E-state index >= 15 is 0 Å². The minimum Gasteiger partial charge on any atom is -0.479 e. The predicted molar refractivity (Wildman–Crippen MR) is 74.2 cm³/mol. The van der Waals surface area contributed by atoms with Gasteiger partial charge in [-0.3, -0.25) is 0 Å². The zero-order valence-electron chi connectivity index (χ0n) is 10.5. The average Bonchev–Trinajstić information content (AvgIpc) is 2.30. The predicted octanol–water partition coefficient (Wildman–Crippen LogP) is 1.71. The van der Waals surface area contributed by atoms with Crippen LogP contribution in [-0.4, -0.2) is 34.4 Å². The summed E-state index contributed by atoms with van der Waals surface area (Å²) in [5.41, 5.74) is -0.531. The molecule has 0 aromatic heterocycles. The number of carbonyl (C=O) groups excluding carboxylic acids is 1. The number of rotatable bonds is 4. The number of carboxylic acids is 1. The normalized spacial score (nSPS) is 13.5. The van der Waals surface area contributed by atoms with E-state index in [1.54, 1.807) is 12.1 Å². The molecule has 1 rings (SSSR count). The number of urea groups is 1. The summed E-state index contributed by atoms with van der Waals surface area (Å²) in [5, 5.41) is 23.0. The van der Waals surface area contributed by atoms with Crippen LogP contribution in [-0.2, 0) is 4.79 Å². The van der Waals surface area contributed by atoms with Gasteiger partial charge >= 0.3 is 12.0 Å². The van der Waals surface area contributed by atoms with Crippen molar-refractivity contribution >= 4 is 33.6 Å². The summed E-state index contributed by atoms with van der Waals surface area (Å²) in [6.45, 7) is 2.55. The number of hydrogen-bond donors (Lipinski definition) is 4. The monoisotopic (exact) mass is 330 g/mol. The Kier molecular flexibility index (Phi) is 4.90. The molecule has 0 aliphatic rings. The van der Waals surface area contributed by atoms with Crippen molar-refractivity contribution in [2.45, 2.75) is 19.4 Å². The number of aliphatic hydroxyl groups is 1. The summed E-state index contributed by atoms with van der Waals surface area (Å²) >= 11 is 3.31.